The molecule has 0 aliphatic heterocycles. The molecular weight excluding hydrogens is 176 g/mol. The Morgan fingerprint density at radius 1 is 1.36 bits per heavy atom. The standard InChI is InChI=1S/C11H18N2O/c1-3-13(8-9(2)14)11-6-4-10(12)5-7-11/h4-7,9,14H,3,8,12H2,1-2H3. The van der Waals surface area contributed by atoms with Crippen molar-refractivity contribution in [3.63, 3.8) is 0 Å². The van der Waals surface area contributed by atoms with Crippen LogP contribution in [0.4, 0.5) is 11.4 Å². The van der Waals surface area contributed by atoms with E-state index in [0.29, 0.717) is 6.54 Å². The van der Waals surface area contributed by atoms with Crippen LogP contribution in [0.5, 0.6) is 0 Å². The zero-order chi connectivity index (χ0) is 10.6. The third-order valence-corrected chi connectivity index (χ3v) is 2.12. The number of hydrogen-bond donors (Lipinski definition) is 2. The van der Waals surface area contributed by atoms with E-state index in [4.69, 9.17) is 5.73 Å². The molecule has 0 spiro atoms. The van der Waals surface area contributed by atoms with Gasteiger partial charge in [0.2, 0.25) is 0 Å². The Balaban J connectivity index is 2.73. The number of nitrogens with two attached hydrogens (primary N) is 1. The molecule has 1 atom stereocenters. The van der Waals surface area contributed by atoms with Gasteiger partial charge in [-0.25, -0.2) is 0 Å². The van der Waals surface area contributed by atoms with Gasteiger partial charge in [-0.1, -0.05) is 0 Å². The van der Waals surface area contributed by atoms with Gasteiger partial charge < -0.3 is 15.7 Å². The van der Waals surface area contributed by atoms with Crippen LogP contribution >= 0.6 is 0 Å². The van der Waals surface area contributed by atoms with Gasteiger partial charge in [-0.2, -0.15) is 0 Å². The molecule has 0 fully saturated rings. The average Bonchev–Trinajstić information content (AvgIpc) is 2.15. The maximum Gasteiger partial charge on any atom is 0.0687 e. The fourth-order valence-corrected chi connectivity index (χ4v) is 1.42. The summed E-state index contributed by atoms with van der Waals surface area (Å²) in [5.41, 5.74) is 7.47. The van der Waals surface area contributed by atoms with Crippen molar-refractivity contribution in [3.8, 4) is 0 Å². The molecule has 0 amide bonds. The lowest BCUT2D eigenvalue weighted by atomic mass is 10.2. The molecule has 0 radical (unpaired) electrons. The van der Waals surface area contributed by atoms with Crippen molar-refractivity contribution in [1.82, 2.24) is 0 Å². The molecule has 1 rings (SSSR count). The summed E-state index contributed by atoms with van der Waals surface area (Å²) in [6.07, 6.45) is -0.312. The smallest absolute Gasteiger partial charge is 0.0687 e. The van der Waals surface area contributed by atoms with Gasteiger partial charge in [0.1, 0.15) is 0 Å². The van der Waals surface area contributed by atoms with Crippen LogP contribution in [-0.2, 0) is 0 Å². The van der Waals surface area contributed by atoms with Crippen molar-refractivity contribution in [1.29, 1.82) is 0 Å². The Morgan fingerprint density at radius 2 is 1.93 bits per heavy atom. The third kappa shape index (κ3) is 2.92. The molecule has 0 heterocycles. The van der Waals surface area contributed by atoms with E-state index in [1.807, 2.05) is 24.3 Å². The highest BCUT2D eigenvalue weighted by Crippen LogP contribution is 2.16. The molecule has 1 aromatic carbocycles. The van der Waals surface area contributed by atoms with E-state index in [2.05, 4.69) is 11.8 Å². The van der Waals surface area contributed by atoms with Crippen LogP contribution in [0.2, 0.25) is 0 Å². The summed E-state index contributed by atoms with van der Waals surface area (Å²) in [5.74, 6) is 0. The Morgan fingerprint density at radius 3 is 2.36 bits per heavy atom. The molecule has 0 aromatic heterocycles. The van der Waals surface area contributed by atoms with Crippen molar-refractivity contribution < 1.29 is 5.11 Å². The van der Waals surface area contributed by atoms with E-state index >= 15 is 0 Å². The van der Waals surface area contributed by atoms with Gasteiger partial charge in [-0.05, 0) is 38.1 Å². The first-order valence-electron chi connectivity index (χ1n) is 4.92. The molecule has 0 bridgehead atoms. The number of likely N-dealkylation sites (N-methyl/N-ethyl adjacent to an activating group) is 1. The fourth-order valence-electron chi connectivity index (χ4n) is 1.42. The quantitative estimate of drug-likeness (QED) is 0.714. The van der Waals surface area contributed by atoms with Gasteiger partial charge in [-0.3, -0.25) is 0 Å². The van der Waals surface area contributed by atoms with Crippen molar-refractivity contribution in [3.05, 3.63) is 24.3 Å². The fraction of sp³-hybridized carbons (Fsp3) is 0.455. The number of aliphatic hydroxyl groups excluding tert-OH is 1. The van der Waals surface area contributed by atoms with Gasteiger partial charge >= 0.3 is 0 Å². The predicted molar refractivity (Wildman–Crippen MR) is 60.4 cm³/mol. The second-order valence-electron chi connectivity index (χ2n) is 3.48. The van der Waals surface area contributed by atoms with Crippen LogP contribution in [-0.4, -0.2) is 24.3 Å². The minimum atomic E-state index is -0.312. The van der Waals surface area contributed by atoms with Crippen LogP contribution < -0.4 is 10.6 Å². The Labute approximate surface area is 85.2 Å². The number of aliphatic hydroxyl groups is 1. The third-order valence-electron chi connectivity index (χ3n) is 2.12. The molecule has 3 nitrogen and oxygen atoms in total. The van der Waals surface area contributed by atoms with Crippen LogP contribution in [0.3, 0.4) is 0 Å². The second kappa shape index (κ2) is 4.86. The molecule has 1 unspecified atom stereocenters. The van der Waals surface area contributed by atoms with Crippen LogP contribution in [0, 0.1) is 0 Å². The number of anilines is 2. The number of benzene rings is 1. The summed E-state index contributed by atoms with van der Waals surface area (Å²) in [5, 5.41) is 9.30. The van der Waals surface area contributed by atoms with Crippen LogP contribution in [0.15, 0.2) is 24.3 Å². The maximum atomic E-state index is 9.30. The highest BCUT2D eigenvalue weighted by atomic mass is 16.3. The number of nitrogens with zero attached hydrogens (tertiary/aromatic N) is 1. The first-order valence-corrected chi connectivity index (χ1v) is 4.92. The van der Waals surface area contributed by atoms with Gasteiger partial charge in [0.15, 0.2) is 0 Å². The summed E-state index contributed by atoms with van der Waals surface area (Å²) in [7, 11) is 0. The largest absolute Gasteiger partial charge is 0.399 e. The minimum absolute atomic E-state index is 0.312. The molecule has 0 saturated carbocycles. The highest BCUT2D eigenvalue weighted by Gasteiger charge is 2.06. The van der Waals surface area contributed by atoms with Gasteiger partial charge in [0.05, 0.1) is 6.10 Å². The molecule has 0 saturated heterocycles. The van der Waals surface area contributed by atoms with E-state index in [9.17, 15) is 5.11 Å². The summed E-state index contributed by atoms with van der Waals surface area (Å²) in [4.78, 5) is 2.12. The molecule has 0 aliphatic carbocycles. The zero-order valence-electron chi connectivity index (χ0n) is 8.77. The molecule has 78 valence electrons. The lowest BCUT2D eigenvalue weighted by Crippen LogP contribution is -2.30. The summed E-state index contributed by atoms with van der Waals surface area (Å²) in [6, 6.07) is 7.70. The van der Waals surface area contributed by atoms with E-state index < -0.39 is 0 Å². The molecule has 1 aromatic rings. The molecule has 14 heavy (non-hydrogen) atoms. The molecular formula is C11H18N2O. The monoisotopic (exact) mass is 194 g/mol. The zero-order valence-corrected chi connectivity index (χ0v) is 8.77. The SMILES string of the molecule is CCN(CC(C)O)c1ccc(N)cc1. The van der Waals surface area contributed by atoms with Crippen molar-refractivity contribution >= 4 is 11.4 Å². The lowest BCUT2D eigenvalue weighted by Gasteiger charge is -2.24. The van der Waals surface area contributed by atoms with E-state index in [1.165, 1.54) is 0 Å². The molecule has 0 aliphatic rings. The topological polar surface area (TPSA) is 49.5 Å². The Bertz CT molecular complexity index is 269. The van der Waals surface area contributed by atoms with Crippen LogP contribution in [0.1, 0.15) is 13.8 Å². The minimum Gasteiger partial charge on any atom is -0.399 e. The Kier molecular flexibility index (Phi) is 3.77. The van der Waals surface area contributed by atoms with Gasteiger partial charge in [0, 0.05) is 24.5 Å². The normalized spacial score (nSPS) is 12.5. The first kappa shape index (κ1) is 10.9. The summed E-state index contributed by atoms with van der Waals surface area (Å²) >= 11 is 0. The van der Waals surface area contributed by atoms with E-state index in [1.54, 1.807) is 6.92 Å². The van der Waals surface area contributed by atoms with Crippen LogP contribution in [0.25, 0.3) is 0 Å². The average molecular weight is 194 g/mol. The van der Waals surface area contributed by atoms with E-state index in [-0.39, 0.29) is 6.10 Å². The van der Waals surface area contributed by atoms with E-state index in [0.717, 1.165) is 17.9 Å². The number of nitrogen functional groups attached to an aromatic ring is 1. The van der Waals surface area contributed by atoms with Crippen molar-refractivity contribution in [2.45, 2.75) is 20.0 Å². The molecule has 3 heteroatoms. The molecule has 3 N–H and O–H groups in total. The number of rotatable bonds is 4. The first-order chi connectivity index (χ1) is 6.63. The second-order valence-corrected chi connectivity index (χ2v) is 3.48. The summed E-state index contributed by atoms with van der Waals surface area (Å²) < 4.78 is 0. The summed E-state index contributed by atoms with van der Waals surface area (Å²) in [6.45, 7) is 5.40. The van der Waals surface area contributed by atoms with Gasteiger partial charge in [-0.15, -0.1) is 0 Å². The maximum absolute atomic E-state index is 9.30. The lowest BCUT2D eigenvalue weighted by molar-refractivity contribution is 0.200. The highest BCUT2D eigenvalue weighted by molar-refractivity contribution is 5.53. The van der Waals surface area contributed by atoms with Crippen molar-refractivity contribution in [2.24, 2.45) is 0 Å². The van der Waals surface area contributed by atoms with Crippen molar-refractivity contribution in [2.75, 3.05) is 23.7 Å². The predicted octanol–water partition coefficient (Wildman–Crippen LogP) is 1.48. The Hall–Kier alpha value is -1.22. The van der Waals surface area contributed by atoms with Gasteiger partial charge in [0.25, 0.3) is 0 Å². The number of hydrogen-bond acceptors (Lipinski definition) is 3.